The number of allylic oxidation sites excluding steroid dienone is 2. The third kappa shape index (κ3) is 4.56. The Hall–Kier alpha value is -1.23. The summed E-state index contributed by atoms with van der Waals surface area (Å²) in [6, 6.07) is 0. The monoisotopic (exact) mass is 477 g/mol. The number of amides is 1. The Morgan fingerprint density at radius 1 is 1.21 bits per heavy atom. The van der Waals surface area contributed by atoms with Crippen molar-refractivity contribution in [3.63, 3.8) is 0 Å². The van der Waals surface area contributed by atoms with Crippen LogP contribution in [0.3, 0.4) is 0 Å². The molecule has 0 heterocycles. The predicted octanol–water partition coefficient (Wildman–Crippen LogP) is 5.44. The molecule has 1 amide bonds. The van der Waals surface area contributed by atoms with Gasteiger partial charge in [0.1, 0.15) is 0 Å². The quantitative estimate of drug-likeness (QED) is 0.313. The van der Waals surface area contributed by atoms with Gasteiger partial charge in [0.15, 0.2) is 5.78 Å². The maximum Gasteiger partial charge on any atom is 0.328 e. The van der Waals surface area contributed by atoms with Crippen molar-refractivity contribution in [3.8, 4) is 0 Å². The van der Waals surface area contributed by atoms with Gasteiger partial charge >= 0.3 is 7.60 Å². The van der Waals surface area contributed by atoms with Crippen LogP contribution in [0.15, 0.2) is 23.3 Å². The Balaban J connectivity index is 1.51. The molecule has 7 heteroatoms. The molecule has 0 bridgehead atoms. The van der Waals surface area contributed by atoms with Crippen molar-refractivity contribution in [2.45, 2.75) is 78.7 Å². The van der Waals surface area contributed by atoms with Crippen LogP contribution in [0.25, 0.3) is 0 Å². The highest BCUT2D eigenvalue weighted by Gasteiger charge is 2.60. The van der Waals surface area contributed by atoms with Gasteiger partial charge in [0.2, 0.25) is 5.91 Å². The molecule has 1 N–H and O–H groups in total. The third-order valence-electron chi connectivity index (χ3n) is 9.26. The third-order valence-corrected chi connectivity index (χ3v) is 10.5. The van der Waals surface area contributed by atoms with Crippen LogP contribution in [0.5, 0.6) is 0 Å². The van der Waals surface area contributed by atoms with Crippen LogP contribution in [0.4, 0.5) is 0 Å². The molecule has 4 aliphatic rings. The van der Waals surface area contributed by atoms with Gasteiger partial charge in [-0.2, -0.15) is 0 Å². The molecule has 6 nitrogen and oxygen atoms in total. The summed E-state index contributed by atoms with van der Waals surface area (Å²) in [4.78, 5) is 23.1. The minimum absolute atomic E-state index is 0.0544. The normalized spacial score (nSPS) is 40.9. The van der Waals surface area contributed by atoms with Gasteiger partial charge in [0, 0.05) is 26.6 Å². The zero-order chi connectivity index (χ0) is 24.0. The number of hydrogen-bond donors (Lipinski definition) is 1. The molecule has 7 atom stereocenters. The number of nitrogens with one attached hydrogen (secondary N) is 1. The average Bonchev–Trinajstić information content (AvgIpc) is 3.02. The van der Waals surface area contributed by atoms with E-state index in [9.17, 15) is 14.2 Å². The molecule has 0 radical (unpaired) electrons. The first kappa shape index (κ1) is 24.9. The molecule has 4 aliphatic carbocycles. The van der Waals surface area contributed by atoms with Crippen molar-refractivity contribution in [1.82, 2.24) is 5.32 Å². The fourth-order valence-corrected chi connectivity index (χ4v) is 8.86. The summed E-state index contributed by atoms with van der Waals surface area (Å²) in [5, 5.41) is 2.66. The van der Waals surface area contributed by atoms with Gasteiger partial charge in [0.05, 0.1) is 12.7 Å². The second-order valence-electron chi connectivity index (χ2n) is 11.1. The largest absolute Gasteiger partial charge is 0.354 e. The molecule has 0 aromatic rings. The summed E-state index contributed by atoms with van der Waals surface area (Å²) in [6.45, 7) is 10.3. The molecule has 0 spiro atoms. The highest BCUT2D eigenvalue weighted by molar-refractivity contribution is 7.53. The van der Waals surface area contributed by atoms with Crippen LogP contribution in [0.1, 0.15) is 72.6 Å². The molecule has 33 heavy (non-hydrogen) atoms. The van der Waals surface area contributed by atoms with Crippen molar-refractivity contribution in [2.24, 2.45) is 28.6 Å². The molecule has 184 valence electrons. The van der Waals surface area contributed by atoms with Crippen LogP contribution in [-0.2, 0) is 23.2 Å². The van der Waals surface area contributed by atoms with Crippen LogP contribution in [-0.4, -0.2) is 37.6 Å². The highest BCUT2D eigenvalue weighted by atomic mass is 31.2. The van der Waals surface area contributed by atoms with E-state index in [2.05, 4.69) is 32.2 Å². The van der Waals surface area contributed by atoms with E-state index in [1.807, 2.05) is 6.08 Å². The first-order valence-electron chi connectivity index (χ1n) is 12.6. The van der Waals surface area contributed by atoms with Crippen molar-refractivity contribution in [3.05, 3.63) is 23.3 Å². The minimum Gasteiger partial charge on any atom is -0.354 e. The summed E-state index contributed by atoms with van der Waals surface area (Å²) >= 11 is 0. The van der Waals surface area contributed by atoms with Gasteiger partial charge in [-0.05, 0) is 85.7 Å². The number of ketones is 1. The van der Waals surface area contributed by atoms with E-state index in [0.29, 0.717) is 36.5 Å². The smallest absolute Gasteiger partial charge is 0.328 e. The lowest BCUT2D eigenvalue weighted by molar-refractivity contribution is -0.119. The van der Waals surface area contributed by atoms with E-state index in [0.717, 1.165) is 32.1 Å². The highest BCUT2D eigenvalue weighted by Crippen LogP contribution is 2.67. The number of fused-ring (bicyclic) bond motifs is 5. The first-order valence-corrected chi connectivity index (χ1v) is 14.5. The Bertz CT molecular complexity index is 926. The summed E-state index contributed by atoms with van der Waals surface area (Å²) in [7, 11) is -3.25. The van der Waals surface area contributed by atoms with Gasteiger partial charge in [-0.1, -0.05) is 25.5 Å². The molecule has 0 aliphatic heterocycles. The maximum absolute atomic E-state index is 13.1. The molecule has 3 fully saturated rings. The van der Waals surface area contributed by atoms with Crippen LogP contribution >= 0.6 is 7.60 Å². The van der Waals surface area contributed by atoms with Crippen LogP contribution < -0.4 is 5.32 Å². The first-order chi connectivity index (χ1) is 15.5. The fourth-order valence-electron chi connectivity index (χ4n) is 7.71. The Morgan fingerprint density at radius 2 is 1.97 bits per heavy atom. The van der Waals surface area contributed by atoms with E-state index in [4.69, 9.17) is 9.05 Å². The van der Waals surface area contributed by atoms with Crippen molar-refractivity contribution in [2.75, 3.05) is 19.8 Å². The molecule has 3 saturated carbocycles. The second-order valence-corrected chi connectivity index (χ2v) is 13.1. The van der Waals surface area contributed by atoms with E-state index in [-0.39, 0.29) is 29.4 Å². The standard InChI is InChI=1S/C26H40NO5P/c1-6-21-24(32-33(5,30)31-14-13-27-17(2)28)16-23-20-8-7-18-15-19(29)9-11-25(18,3)22(20)10-12-26(21,23)4/h6,15,20,22-24H,7-14,16H2,1-5H3,(H,27,28)/b21-6+. The molecule has 4 rings (SSSR count). The molecule has 0 aromatic heterocycles. The molecule has 0 saturated heterocycles. The SMILES string of the molecule is C/C=C1\C(OP(C)(=O)OCCNC(C)=O)CC2C3CCC4=CC(=O)CCC4(C)C3CCC12C. The van der Waals surface area contributed by atoms with Crippen molar-refractivity contribution < 1.29 is 23.2 Å². The molecular weight excluding hydrogens is 437 g/mol. The average molecular weight is 478 g/mol. The van der Waals surface area contributed by atoms with E-state index >= 15 is 0 Å². The lowest BCUT2D eigenvalue weighted by Crippen LogP contribution is -2.49. The van der Waals surface area contributed by atoms with Gasteiger partial charge in [-0.25, -0.2) is 0 Å². The molecular formula is C26H40NO5P. The molecule has 0 aromatic carbocycles. The van der Waals surface area contributed by atoms with Gasteiger partial charge in [0.25, 0.3) is 0 Å². The predicted molar refractivity (Wildman–Crippen MR) is 129 cm³/mol. The molecule has 7 unspecified atom stereocenters. The lowest BCUT2D eigenvalue weighted by Gasteiger charge is -2.57. The van der Waals surface area contributed by atoms with Gasteiger partial charge < -0.3 is 14.4 Å². The van der Waals surface area contributed by atoms with E-state index in [1.165, 1.54) is 24.5 Å². The fraction of sp³-hybridized carbons (Fsp3) is 0.769. The second kappa shape index (κ2) is 9.09. The van der Waals surface area contributed by atoms with Gasteiger partial charge in [-0.15, -0.1) is 0 Å². The van der Waals surface area contributed by atoms with E-state index in [1.54, 1.807) is 6.66 Å². The summed E-state index contributed by atoms with van der Waals surface area (Å²) in [5.74, 6) is 1.85. The lowest BCUT2D eigenvalue weighted by atomic mass is 9.47. The number of carbonyl (C=O) groups is 2. The number of hydrogen-bond acceptors (Lipinski definition) is 5. The topological polar surface area (TPSA) is 81.7 Å². The van der Waals surface area contributed by atoms with Crippen LogP contribution in [0.2, 0.25) is 0 Å². The Labute approximate surface area is 198 Å². The summed E-state index contributed by atoms with van der Waals surface area (Å²) < 4.78 is 24.9. The van der Waals surface area contributed by atoms with E-state index < -0.39 is 7.60 Å². The minimum atomic E-state index is -3.25. The Morgan fingerprint density at radius 3 is 2.67 bits per heavy atom. The summed E-state index contributed by atoms with van der Waals surface area (Å²) in [6.07, 6.45) is 10.9. The zero-order valence-electron chi connectivity index (χ0n) is 20.8. The number of rotatable bonds is 6. The number of carbonyl (C=O) groups excluding carboxylic acids is 2. The maximum atomic E-state index is 13.1. The Kier molecular flexibility index (Phi) is 6.85. The van der Waals surface area contributed by atoms with Crippen molar-refractivity contribution in [1.29, 1.82) is 0 Å². The van der Waals surface area contributed by atoms with Crippen LogP contribution in [0, 0.1) is 28.6 Å². The van der Waals surface area contributed by atoms with Gasteiger partial charge in [-0.3, -0.25) is 14.2 Å². The van der Waals surface area contributed by atoms with Crippen molar-refractivity contribution >= 4 is 19.3 Å². The summed E-state index contributed by atoms with van der Waals surface area (Å²) in [5.41, 5.74) is 2.84. The zero-order valence-corrected chi connectivity index (χ0v) is 21.7.